The monoisotopic (exact) mass is 547 g/mol. The third-order valence-electron chi connectivity index (χ3n) is 7.11. The quantitative estimate of drug-likeness (QED) is 0.178. The Labute approximate surface area is 225 Å². The van der Waals surface area contributed by atoms with E-state index in [2.05, 4.69) is 0 Å². The van der Waals surface area contributed by atoms with Crippen molar-refractivity contribution in [1.29, 1.82) is 0 Å². The van der Waals surface area contributed by atoms with Gasteiger partial charge in [-0.2, -0.15) is 0 Å². The maximum Gasteiger partial charge on any atom is 0.356 e. The van der Waals surface area contributed by atoms with Crippen LogP contribution in [0.15, 0.2) is 97.1 Å². The fourth-order valence-corrected chi connectivity index (χ4v) is 6.01. The Hall–Kier alpha value is -3.81. The number of benzene rings is 4. The van der Waals surface area contributed by atoms with Crippen LogP contribution in [0.1, 0.15) is 36.1 Å². The second-order valence-electron chi connectivity index (χ2n) is 9.58. The van der Waals surface area contributed by atoms with E-state index in [9.17, 15) is 33.7 Å². The molecule has 5 rings (SSSR count). The Morgan fingerprint density at radius 2 is 1.59 bits per heavy atom. The number of aromatic hydroxyl groups is 1. The maximum atomic E-state index is 14.0. The van der Waals surface area contributed by atoms with Gasteiger partial charge in [-0.3, -0.25) is 9.36 Å². The van der Waals surface area contributed by atoms with Gasteiger partial charge in [0.05, 0.1) is 23.4 Å². The predicted octanol–water partition coefficient (Wildman–Crippen LogP) is 5.22. The van der Waals surface area contributed by atoms with E-state index in [1.54, 1.807) is 24.3 Å². The average Bonchev–Trinajstić information content (AvgIpc) is 2.91. The van der Waals surface area contributed by atoms with Crippen LogP contribution in [0.5, 0.6) is 5.75 Å². The van der Waals surface area contributed by atoms with Crippen LogP contribution in [-0.2, 0) is 9.36 Å². The first-order chi connectivity index (χ1) is 18.6. The molecule has 0 saturated carbocycles. The van der Waals surface area contributed by atoms with Gasteiger partial charge in [0.1, 0.15) is 11.6 Å². The van der Waals surface area contributed by atoms with Gasteiger partial charge >= 0.3 is 7.60 Å². The van der Waals surface area contributed by atoms with E-state index in [0.717, 1.165) is 5.56 Å². The zero-order valence-corrected chi connectivity index (χ0v) is 21.7. The molecule has 1 aliphatic heterocycles. The number of carbonyl (C=O) groups excluding carboxylic acids is 1. The van der Waals surface area contributed by atoms with Crippen molar-refractivity contribution in [1.82, 2.24) is 0 Å². The van der Waals surface area contributed by atoms with Crippen molar-refractivity contribution >= 4 is 24.5 Å². The Morgan fingerprint density at radius 1 is 0.872 bits per heavy atom. The molecular weight excluding hydrogens is 520 g/mol. The van der Waals surface area contributed by atoms with Crippen LogP contribution in [-0.4, -0.2) is 25.9 Å². The third-order valence-corrected chi connectivity index (χ3v) is 8.12. The number of amides is 1. The molecule has 200 valence electrons. The molecular formula is C30H27FNO6P. The minimum Gasteiger partial charge on any atom is -0.507 e. The second-order valence-corrected chi connectivity index (χ2v) is 11.2. The lowest BCUT2D eigenvalue weighted by atomic mass is 9.78. The number of phenolic OH excluding ortho intramolecular Hbond substituents is 1. The minimum atomic E-state index is -4.61. The Morgan fingerprint density at radius 3 is 2.28 bits per heavy atom. The molecule has 1 amide bonds. The van der Waals surface area contributed by atoms with Gasteiger partial charge in [0, 0.05) is 16.8 Å². The highest BCUT2D eigenvalue weighted by molar-refractivity contribution is 7.60. The average molecular weight is 548 g/mol. The number of β-lactam (4-membered cyclic amide) rings is 1. The number of aliphatic hydroxyl groups is 1. The lowest BCUT2D eigenvalue weighted by Crippen LogP contribution is -2.55. The molecule has 4 aromatic rings. The van der Waals surface area contributed by atoms with Crippen LogP contribution in [0.2, 0.25) is 0 Å². The number of carbonyl (C=O) groups is 1. The summed E-state index contributed by atoms with van der Waals surface area (Å²) in [7, 11) is -4.61. The molecule has 4 aromatic carbocycles. The van der Waals surface area contributed by atoms with Crippen molar-refractivity contribution in [3.63, 3.8) is 0 Å². The highest BCUT2D eigenvalue weighted by Gasteiger charge is 2.48. The molecule has 1 heterocycles. The summed E-state index contributed by atoms with van der Waals surface area (Å²) in [6.45, 7) is 0. The van der Waals surface area contributed by atoms with Crippen LogP contribution < -0.4 is 10.2 Å². The van der Waals surface area contributed by atoms with E-state index in [0.29, 0.717) is 24.1 Å². The second kappa shape index (κ2) is 10.8. The summed E-state index contributed by atoms with van der Waals surface area (Å²) in [6, 6.07) is 25.0. The molecule has 0 unspecified atom stereocenters. The molecule has 1 saturated heterocycles. The first-order valence-electron chi connectivity index (χ1n) is 12.4. The first kappa shape index (κ1) is 26.8. The SMILES string of the molecule is O=C1[C@H](CC[C@H](O)c2ccccc2)[C@@H](c2ccc(-c3ccccc3P(=O)(O)O)c(O)c2)N1c1cccc(F)c1. The highest BCUT2D eigenvalue weighted by Crippen LogP contribution is 2.48. The fourth-order valence-electron chi connectivity index (χ4n) is 5.22. The Balaban J connectivity index is 1.48. The lowest BCUT2D eigenvalue weighted by molar-refractivity contribution is -0.131. The number of rotatable bonds is 8. The molecule has 39 heavy (non-hydrogen) atoms. The number of anilines is 1. The molecule has 9 heteroatoms. The van der Waals surface area contributed by atoms with E-state index >= 15 is 0 Å². The molecule has 1 fully saturated rings. The number of halogens is 1. The summed E-state index contributed by atoms with van der Waals surface area (Å²) in [5, 5.41) is 21.4. The topological polar surface area (TPSA) is 118 Å². The number of aliphatic hydroxyl groups excluding tert-OH is 1. The van der Waals surface area contributed by atoms with Crippen LogP contribution in [0.25, 0.3) is 11.1 Å². The van der Waals surface area contributed by atoms with Gasteiger partial charge in [-0.05, 0) is 54.3 Å². The summed E-state index contributed by atoms with van der Waals surface area (Å²) in [5.41, 5.74) is 2.13. The zero-order chi connectivity index (χ0) is 27.7. The summed E-state index contributed by atoms with van der Waals surface area (Å²) in [5.74, 6) is -1.45. The van der Waals surface area contributed by atoms with Gasteiger partial charge in [-0.25, -0.2) is 4.39 Å². The largest absolute Gasteiger partial charge is 0.507 e. The van der Waals surface area contributed by atoms with E-state index in [1.165, 1.54) is 47.4 Å². The summed E-state index contributed by atoms with van der Waals surface area (Å²) in [6.07, 6.45) is -0.0782. The Kier molecular flexibility index (Phi) is 7.38. The normalized spacial score (nSPS) is 18.1. The van der Waals surface area contributed by atoms with Gasteiger partial charge < -0.3 is 24.9 Å². The van der Waals surface area contributed by atoms with E-state index in [4.69, 9.17) is 0 Å². The highest BCUT2D eigenvalue weighted by atomic mass is 31.2. The maximum absolute atomic E-state index is 14.0. The molecule has 0 spiro atoms. The molecule has 0 bridgehead atoms. The lowest BCUT2D eigenvalue weighted by Gasteiger charge is -2.48. The summed E-state index contributed by atoms with van der Waals surface area (Å²) < 4.78 is 26.1. The number of nitrogens with zero attached hydrogens (tertiary/aromatic N) is 1. The van der Waals surface area contributed by atoms with Crippen LogP contribution in [0.3, 0.4) is 0 Å². The van der Waals surface area contributed by atoms with Crippen molar-refractivity contribution in [2.24, 2.45) is 5.92 Å². The van der Waals surface area contributed by atoms with Gasteiger partial charge in [-0.15, -0.1) is 0 Å². The molecule has 0 aromatic heterocycles. The molecule has 0 radical (unpaired) electrons. The van der Waals surface area contributed by atoms with Gasteiger partial charge in [0.15, 0.2) is 0 Å². The van der Waals surface area contributed by atoms with Gasteiger partial charge in [-0.1, -0.05) is 66.7 Å². The summed E-state index contributed by atoms with van der Waals surface area (Å²) >= 11 is 0. The van der Waals surface area contributed by atoms with E-state index in [-0.39, 0.29) is 28.1 Å². The first-order valence-corrected chi connectivity index (χ1v) is 14.1. The predicted molar refractivity (Wildman–Crippen MR) is 146 cm³/mol. The van der Waals surface area contributed by atoms with Crippen LogP contribution >= 0.6 is 7.60 Å². The van der Waals surface area contributed by atoms with Gasteiger partial charge in [0.2, 0.25) is 5.91 Å². The van der Waals surface area contributed by atoms with Crippen molar-refractivity contribution in [2.75, 3.05) is 4.90 Å². The fraction of sp³-hybridized carbons (Fsp3) is 0.167. The number of hydrogen-bond donors (Lipinski definition) is 4. The number of hydrogen-bond acceptors (Lipinski definition) is 4. The molecule has 1 aliphatic rings. The van der Waals surface area contributed by atoms with E-state index in [1.807, 2.05) is 30.3 Å². The van der Waals surface area contributed by atoms with Crippen molar-refractivity contribution in [3.8, 4) is 16.9 Å². The van der Waals surface area contributed by atoms with Crippen molar-refractivity contribution < 1.29 is 33.7 Å². The molecule has 0 aliphatic carbocycles. The van der Waals surface area contributed by atoms with Crippen LogP contribution in [0, 0.1) is 11.7 Å². The summed E-state index contributed by atoms with van der Waals surface area (Å²) in [4.78, 5) is 34.3. The van der Waals surface area contributed by atoms with Crippen molar-refractivity contribution in [3.05, 3.63) is 114 Å². The smallest absolute Gasteiger partial charge is 0.356 e. The van der Waals surface area contributed by atoms with Gasteiger partial charge in [0.25, 0.3) is 0 Å². The Bertz CT molecular complexity index is 1560. The van der Waals surface area contributed by atoms with Crippen molar-refractivity contribution in [2.45, 2.75) is 25.0 Å². The zero-order valence-electron chi connectivity index (χ0n) is 20.8. The molecule has 3 atom stereocenters. The third kappa shape index (κ3) is 5.37. The molecule has 4 N–H and O–H groups in total. The molecule has 7 nitrogen and oxygen atoms in total. The number of phenols is 1. The minimum absolute atomic E-state index is 0.198. The van der Waals surface area contributed by atoms with Crippen LogP contribution in [0.4, 0.5) is 10.1 Å². The standard InChI is InChI=1S/C30H27FNO6P/c31-21-9-6-10-22(18-21)32-29(25(30(32)35)15-16-26(33)19-7-2-1-3-8-19)20-13-14-23(27(34)17-20)24-11-4-5-12-28(24)39(36,37)38/h1-14,17-18,25-26,29,33-34H,15-16H2,(H2,36,37,38)/t25-,26+,29-/m1/s1. The van der Waals surface area contributed by atoms with E-state index < -0.39 is 31.5 Å².